The van der Waals surface area contributed by atoms with Crippen molar-refractivity contribution in [3.63, 3.8) is 0 Å². The zero-order chi connectivity index (χ0) is 11.8. The molecule has 4 nitrogen and oxygen atoms in total. The second-order valence-electron chi connectivity index (χ2n) is 4.28. The second kappa shape index (κ2) is 4.23. The summed E-state index contributed by atoms with van der Waals surface area (Å²) < 4.78 is 3.10. The highest BCUT2D eigenvalue weighted by Gasteiger charge is 2.22. The van der Waals surface area contributed by atoms with Gasteiger partial charge >= 0.3 is 0 Å². The summed E-state index contributed by atoms with van der Waals surface area (Å²) in [5, 5.41) is 8.50. The molecule has 1 aliphatic heterocycles. The van der Waals surface area contributed by atoms with Crippen LogP contribution in [0.25, 0.3) is 11.4 Å². The Morgan fingerprint density at radius 2 is 2.24 bits per heavy atom. The molecule has 0 bridgehead atoms. The van der Waals surface area contributed by atoms with Crippen LogP contribution in [0.4, 0.5) is 0 Å². The van der Waals surface area contributed by atoms with E-state index in [-0.39, 0.29) is 6.17 Å². The van der Waals surface area contributed by atoms with E-state index in [0.29, 0.717) is 0 Å². The fraction of sp³-hybridized carbons (Fsp3) is 0.333. The second-order valence-corrected chi connectivity index (χ2v) is 5.20. The molecule has 2 aromatic rings. The Labute approximate surface area is 108 Å². The minimum Gasteiger partial charge on any atom is -0.311 e. The quantitative estimate of drug-likeness (QED) is 0.879. The molecule has 1 unspecified atom stereocenters. The van der Waals surface area contributed by atoms with Crippen LogP contribution < -0.4 is 5.73 Å². The number of fused-ring (bicyclic) bond motifs is 1. The third-order valence-corrected chi connectivity index (χ3v) is 3.57. The molecule has 5 heteroatoms. The SMILES string of the molecule is NC1CCCc2nnc(-c3cccc(Br)c3)n21. The summed E-state index contributed by atoms with van der Waals surface area (Å²) in [6.07, 6.45) is 3.06. The number of aromatic nitrogens is 3. The molecule has 1 aromatic heterocycles. The summed E-state index contributed by atoms with van der Waals surface area (Å²) in [5.41, 5.74) is 7.19. The van der Waals surface area contributed by atoms with Crippen molar-refractivity contribution < 1.29 is 0 Å². The van der Waals surface area contributed by atoms with Gasteiger partial charge in [0.05, 0.1) is 6.17 Å². The fourth-order valence-electron chi connectivity index (χ4n) is 2.27. The van der Waals surface area contributed by atoms with E-state index >= 15 is 0 Å². The van der Waals surface area contributed by atoms with Gasteiger partial charge in [-0.1, -0.05) is 28.1 Å². The van der Waals surface area contributed by atoms with Gasteiger partial charge in [0.1, 0.15) is 5.82 Å². The number of hydrogen-bond donors (Lipinski definition) is 1. The Balaban J connectivity index is 2.13. The van der Waals surface area contributed by atoms with E-state index in [2.05, 4.69) is 30.7 Å². The lowest BCUT2D eigenvalue weighted by Crippen LogP contribution is -2.25. The van der Waals surface area contributed by atoms with Crippen LogP contribution in [0.1, 0.15) is 24.8 Å². The van der Waals surface area contributed by atoms with Crippen LogP contribution in [0, 0.1) is 0 Å². The lowest BCUT2D eigenvalue weighted by Gasteiger charge is -2.22. The van der Waals surface area contributed by atoms with E-state index in [1.807, 2.05) is 24.3 Å². The highest BCUT2D eigenvalue weighted by molar-refractivity contribution is 9.10. The van der Waals surface area contributed by atoms with E-state index in [1.165, 1.54) is 0 Å². The molecule has 1 aromatic carbocycles. The molecule has 3 rings (SSSR count). The van der Waals surface area contributed by atoms with Crippen molar-refractivity contribution in [2.75, 3.05) is 0 Å². The largest absolute Gasteiger partial charge is 0.311 e. The molecule has 2 N–H and O–H groups in total. The van der Waals surface area contributed by atoms with Crippen molar-refractivity contribution in [3.05, 3.63) is 34.6 Å². The molecule has 0 fully saturated rings. The third-order valence-electron chi connectivity index (χ3n) is 3.08. The minimum absolute atomic E-state index is 0.00253. The van der Waals surface area contributed by atoms with Crippen molar-refractivity contribution in [2.24, 2.45) is 5.73 Å². The van der Waals surface area contributed by atoms with Crippen LogP contribution >= 0.6 is 15.9 Å². The molecule has 1 aliphatic rings. The number of benzene rings is 1. The predicted octanol–water partition coefficient (Wildman–Crippen LogP) is 2.50. The maximum Gasteiger partial charge on any atom is 0.165 e. The lowest BCUT2D eigenvalue weighted by molar-refractivity contribution is 0.412. The van der Waals surface area contributed by atoms with Gasteiger partial charge in [0.2, 0.25) is 0 Å². The molecule has 0 amide bonds. The number of nitrogens with zero attached hydrogens (tertiary/aromatic N) is 3. The molecular weight excluding hydrogens is 280 g/mol. The average molecular weight is 293 g/mol. The Kier molecular flexibility index (Phi) is 2.72. The summed E-state index contributed by atoms with van der Waals surface area (Å²) in [6.45, 7) is 0. The Morgan fingerprint density at radius 1 is 1.35 bits per heavy atom. The maximum atomic E-state index is 6.14. The summed E-state index contributed by atoms with van der Waals surface area (Å²) >= 11 is 3.47. The highest BCUT2D eigenvalue weighted by Crippen LogP contribution is 2.28. The molecule has 0 aliphatic carbocycles. The van der Waals surface area contributed by atoms with Gasteiger partial charge in [-0.3, -0.25) is 4.57 Å². The molecule has 0 spiro atoms. The number of aryl methyl sites for hydroxylation is 1. The first kappa shape index (κ1) is 10.9. The van der Waals surface area contributed by atoms with Crippen LogP contribution in [0.2, 0.25) is 0 Å². The molecule has 0 saturated heterocycles. The number of halogens is 1. The van der Waals surface area contributed by atoms with Crippen molar-refractivity contribution in [2.45, 2.75) is 25.4 Å². The van der Waals surface area contributed by atoms with E-state index in [1.54, 1.807) is 0 Å². The Hall–Kier alpha value is -1.20. The summed E-state index contributed by atoms with van der Waals surface area (Å²) in [5.74, 6) is 1.87. The van der Waals surface area contributed by atoms with Crippen molar-refractivity contribution in [3.8, 4) is 11.4 Å². The zero-order valence-electron chi connectivity index (χ0n) is 9.31. The monoisotopic (exact) mass is 292 g/mol. The van der Waals surface area contributed by atoms with Crippen molar-refractivity contribution >= 4 is 15.9 Å². The van der Waals surface area contributed by atoms with E-state index in [4.69, 9.17) is 5.73 Å². The van der Waals surface area contributed by atoms with Crippen LogP contribution in [-0.4, -0.2) is 14.8 Å². The highest BCUT2D eigenvalue weighted by atomic mass is 79.9. The topological polar surface area (TPSA) is 56.7 Å². The van der Waals surface area contributed by atoms with Gasteiger partial charge in [0.15, 0.2) is 5.82 Å². The van der Waals surface area contributed by atoms with Gasteiger partial charge in [-0.15, -0.1) is 10.2 Å². The molecule has 1 atom stereocenters. The summed E-state index contributed by atoms with van der Waals surface area (Å²) in [6, 6.07) is 8.06. The van der Waals surface area contributed by atoms with Gasteiger partial charge in [0, 0.05) is 16.5 Å². The lowest BCUT2D eigenvalue weighted by atomic mass is 10.1. The van der Waals surface area contributed by atoms with Gasteiger partial charge in [-0.2, -0.15) is 0 Å². The molecule has 0 saturated carbocycles. The van der Waals surface area contributed by atoms with Gasteiger partial charge in [-0.05, 0) is 25.0 Å². The maximum absolute atomic E-state index is 6.14. The molecular formula is C12H13BrN4. The van der Waals surface area contributed by atoms with Crippen LogP contribution in [0.5, 0.6) is 0 Å². The fourth-order valence-corrected chi connectivity index (χ4v) is 2.66. The predicted molar refractivity (Wildman–Crippen MR) is 69.3 cm³/mol. The smallest absolute Gasteiger partial charge is 0.165 e. The zero-order valence-corrected chi connectivity index (χ0v) is 10.9. The van der Waals surface area contributed by atoms with Gasteiger partial charge in [-0.25, -0.2) is 0 Å². The summed E-state index contributed by atoms with van der Waals surface area (Å²) in [4.78, 5) is 0. The van der Waals surface area contributed by atoms with E-state index in [9.17, 15) is 0 Å². The van der Waals surface area contributed by atoms with Crippen LogP contribution in [-0.2, 0) is 6.42 Å². The Morgan fingerprint density at radius 3 is 3.06 bits per heavy atom. The number of nitrogens with two attached hydrogens (primary N) is 1. The molecule has 17 heavy (non-hydrogen) atoms. The van der Waals surface area contributed by atoms with Gasteiger partial charge < -0.3 is 5.73 Å². The van der Waals surface area contributed by atoms with Crippen LogP contribution in [0.15, 0.2) is 28.7 Å². The van der Waals surface area contributed by atoms with E-state index < -0.39 is 0 Å². The molecule has 2 heterocycles. The number of rotatable bonds is 1. The average Bonchev–Trinajstić information content (AvgIpc) is 2.74. The standard InChI is InChI=1S/C12H13BrN4/c13-9-4-1-3-8(7-9)12-16-15-11-6-2-5-10(14)17(11)12/h1,3-4,7,10H,2,5-6,14H2. The summed E-state index contributed by atoms with van der Waals surface area (Å²) in [7, 11) is 0. The van der Waals surface area contributed by atoms with Crippen molar-refractivity contribution in [1.29, 1.82) is 0 Å². The minimum atomic E-state index is 0.00253. The van der Waals surface area contributed by atoms with Crippen LogP contribution in [0.3, 0.4) is 0 Å². The van der Waals surface area contributed by atoms with Gasteiger partial charge in [0.25, 0.3) is 0 Å². The molecule has 0 radical (unpaired) electrons. The van der Waals surface area contributed by atoms with Crippen molar-refractivity contribution in [1.82, 2.24) is 14.8 Å². The van der Waals surface area contributed by atoms with E-state index in [0.717, 1.165) is 40.9 Å². The normalized spacial score (nSPS) is 19.1. The third kappa shape index (κ3) is 1.89. The first-order valence-corrected chi connectivity index (χ1v) is 6.50. The first-order chi connectivity index (χ1) is 8.25. The number of hydrogen-bond acceptors (Lipinski definition) is 3. The first-order valence-electron chi connectivity index (χ1n) is 5.71. The molecule has 88 valence electrons. The Bertz CT molecular complexity index is 549.